The molecule has 0 saturated heterocycles. The van der Waals surface area contributed by atoms with Gasteiger partial charge < -0.3 is 5.32 Å². The van der Waals surface area contributed by atoms with E-state index >= 15 is 0 Å². The van der Waals surface area contributed by atoms with Gasteiger partial charge in [-0.1, -0.05) is 33.6 Å². The average Bonchev–Trinajstić information content (AvgIpc) is 2.81. The van der Waals surface area contributed by atoms with Crippen molar-refractivity contribution in [3.05, 3.63) is 21.0 Å². The van der Waals surface area contributed by atoms with Crippen LogP contribution in [0.25, 0.3) is 0 Å². The van der Waals surface area contributed by atoms with E-state index in [1.54, 1.807) is 6.20 Å². The standard InChI is InChI=1S/C15H24BrN3O/c1-11(2)9-19-14(20)13(16)12(8-18-19)17-10-15(3)6-4-5-7-15/h8,11,17H,4-7,9-10H2,1-3H3. The van der Waals surface area contributed by atoms with Crippen molar-refractivity contribution < 1.29 is 0 Å². The largest absolute Gasteiger partial charge is 0.382 e. The monoisotopic (exact) mass is 341 g/mol. The lowest BCUT2D eigenvalue weighted by Crippen LogP contribution is -2.28. The predicted octanol–water partition coefficient (Wildman–Crippen LogP) is 3.65. The minimum atomic E-state index is -0.0553. The molecule has 0 spiro atoms. The van der Waals surface area contributed by atoms with Crippen LogP contribution in [-0.4, -0.2) is 16.3 Å². The normalized spacial score (nSPS) is 17.6. The van der Waals surface area contributed by atoms with E-state index in [-0.39, 0.29) is 5.56 Å². The molecule has 0 bridgehead atoms. The summed E-state index contributed by atoms with van der Waals surface area (Å²) >= 11 is 3.41. The first kappa shape index (κ1) is 15.5. The van der Waals surface area contributed by atoms with Crippen LogP contribution in [-0.2, 0) is 6.54 Å². The van der Waals surface area contributed by atoms with E-state index in [1.807, 2.05) is 0 Å². The third kappa shape index (κ3) is 3.62. The Morgan fingerprint density at radius 2 is 2.10 bits per heavy atom. The van der Waals surface area contributed by atoms with Gasteiger partial charge in [0.25, 0.3) is 5.56 Å². The molecule has 1 fully saturated rings. The van der Waals surface area contributed by atoms with Crippen LogP contribution >= 0.6 is 15.9 Å². The Kier molecular flexibility index (Phi) is 4.89. The first-order chi connectivity index (χ1) is 9.41. The highest BCUT2D eigenvalue weighted by molar-refractivity contribution is 9.10. The van der Waals surface area contributed by atoms with Crippen molar-refractivity contribution in [3.63, 3.8) is 0 Å². The number of nitrogens with one attached hydrogen (secondary N) is 1. The highest BCUT2D eigenvalue weighted by atomic mass is 79.9. The lowest BCUT2D eigenvalue weighted by molar-refractivity contribution is 0.361. The topological polar surface area (TPSA) is 46.9 Å². The van der Waals surface area contributed by atoms with Crippen LogP contribution in [0.3, 0.4) is 0 Å². The van der Waals surface area contributed by atoms with Crippen molar-refractivity contribution >= 4 is 21.6 Å². The molecule has 1 heterocycles. The highest BCUT2D eigenvalue weighted by Gasteiger charge is 2.28. The molecule has 112 valence electrons. The van der Waals surface area contributed by atoms with Gasteiger partial charge in [0.05, 0.1) is 11.9 Å². The molecular formula is C15H24BrN3O. The van der Waals surface area contributed by atoms with Crippen molar-refractivity contribution in [3.8, 4) is 0 Å². The van der Waals surface area contributed by atoms with Gasteiger partial charge in [-0.15, -0.1) is 0 Å². The van der Waals surface area contributed by atoms with Crippen LogP contribution < -0.4 is 10.9 Å². The molecule has 0 amide bonds. The molecule has 0 atom stereocenters. The number of hydrogen-bond donors (Lipinski definition) is 1. The Morgan fingerprint density at radius 1 is 1.45 bits per heavy atom. The Hall–Kier alpha value is -0.840. The van der Waals surface area contributed by atoms with Gasteiger partial charge in [-0.3, -0.25) is 4.79 Å². The fourth-order valence-electron chi connectivity index (χ4n) is 2.78. The molecule has 1 aliphatic rings. The molecule has 5 heteroatoms. The van der Waals surface area contributed by atoms with Gasteiger partial charge in [-0.25, -0.2) is 4.68 Å². The predicted molar refractivity (Wildman–Crippen MR) is 86.1 cm³/mol. The zero-order valence-electron chi connectivity index (χ0n) is 12.6. The van der Waals surface area contributed by atoms with Crippen molar-refractivity contribution in [1.29, 1.82) is 0 Å². The third-order valence-corrected chi connectivity index (χ3v) is 4.81. The molecule has 1 aromatic heterocycles. The zero-order valence-corrected chi connectivity index (χ0v) is 14.2. The van der Waals surface area contributed by atoms with Gasteiger partial charge in [0.2, 0.25) is 0 Å². The molecule has 2 rings (SSSR count). The van der Waals surface area contributed by atoms with Crippen LogP contribution in [0.15, 0.2) is 15.5 Å². The second-order valence-electron chi connectivity index (χ2n) is 6.62. The summed E-state index contributed by atoms with van der Waals surface area (Å²) in [5.74, 6) is 0.406. The summed E-state index contributed by atoms with van der Waals surface area (Å²) in [5, 5.41) is 7.65. The zero-order chi connectivity index (χ0) is 14.8. The molecule has 0 aliphatic heterocycles. The van der Waals surface area contributed by atoms with E-state index in [9.17, 15) is 4.79 Å². The summed E-state index contributed by atoms with van der Waals surface area (Å²) in [5.41, 5.74) is 1.11. The maximum atomic E-state index is 12.2. The summed E-state index contributed by atoms with van der Waals surface area (Å²) in [7, 11) is 0. The minimum Gasteiger partial charge on any atom is -0.382 e. The molecule has 0 radical (unpaired) electrons. The summed E-state index contributed by atoms with van der Waals surface area (Å²) in [6.07, 6.45) is 6.90. The molecule has 1 saturated carbocycles. The lowest BCUT2D eigenvalue weighted by atomic mass is 9.89. The smallest absolute Gasteiger partial charge is 0.283 e. The highest BCUT2D eigenvalue weighted by Crippen LogP contribution is 2.37. The number of anilines is 1. The van der Waals surface area contributed by atoms with Gasteiger partial charge in [0, 0.05) is 13.1 Å². The van der Waals surface area contributed by atoms with Gasteiger partial charge in [-0.05, 0) is 40.1 Å². The van der Waals surface area contributed by atoms with Gasteiger partial charge in [-0.2, -0.15) is 5.10 Å². The van der Waals surface area contributed by atoms with Crippen molar-refractivity contribution in [2.75, 3.05) is 11.9 Å². The maximum absolute atomic E-state index is 12.2. The van der Waals surface area contributed by atoms with Gasteiger partial charge in [0.1, 0.15) is 4.47 Å². The number of nitrogens with zero attached hydrogens (tertiary/aromatic N) is 2. The van der Waals surface area contributed by atoms with Gasteiger partial charge >= 0.3 is 0 Å². The lowest BCUT2D eigenvalue weighted by Gasteiger charge is -2.24. The van der Waals surface area contributed by atoms with Gasteiger partial charge in [0.15, 0.2) is 0 Å². The van der Waals surface area contributed by atoms with Crippen molar-refractivity contribution in [2.45, 2.75) is 53.0 Å². The molecule has 1 aliphatic carbocycles. The van der Waals surface area contributed by atoms with Crippen LogP contribution in [0, 0.1) is 11.3 Å². The van der Waals surface area contributed by atoms with E-state index in [0.717, 1.165) is 12.2 Å². The van der Waals surface area contributed by atoms with Crippen LogP contribution in [0.4, 0.5) is 5.69 Å². The fraction of sp³-hybridized carbons (Fsp3) is 0.733. The summed E-state index contributed by atoms with van der Waals surface area (Å²) in [4.78, 5) is 12.2. The Labute approximate surface area is 129 Å². The molecule has 1 N–H and O–H groups in total. The van der Waals surface area contributed by atoms with Crippen LogP contribution in [0.2, 0.25) is 0 Å². The minimum absolute atomic E-state index is 0.0553. The Morgan fingerprint density at radius 3 is 2.70 bits per heavy atom. The second kappa shape index (κ2) is 6.29. The van der Waals surface area contributed by atoms with E-state index in [4.69, 9.17) is 0 Å². The maximum Gasteiger partial charge on any atom is 0.283 e. The van der Waals surface area contributed by atoms with E-state index in [0.29, 0.717) is 22.4 Å². The van der Waals surface area contributed by atoms with Crippen LogP contribution in [0.1, 0.15) is 46.5 Å². The Bertz CT molecular complexity index is 518. The molecule has 1 aromatic rings. The van der Waals surface area contributed by atoms with Crippen LogP contribution in [0.5, 0.6) is 0 Å². The first-order valence-electron chi connectivity index (χ1n) is 7.41. The number of halogens is 1. The summed E-state index contributed by atoms with van der Waals surface area (Å²) < 4.78 is 2.12. The van der Waals surface area contributed by atoms with E-state index in [1.165, 1.54) is 30.4 Å². The second-order valence-corrected chi connectivity index (χ2v) is 7.42. The van der Waals surface area contributed by atoms with E-state index in [2.05, 4.69) is 47.1 Å². The number of hydrogen-bond acceptors (Lipinski definition) is 3. The quantitative estimate of drug-likeness (QED) is 0.888. The fourth-order valence-corrected chi connectivity index (χ4v) is 3.23. The van der Waals surface area contributed by atoms with E-state index < -0.39 is 0 Å². The molecule has 20 heavy (non-hydrogen) atoms. The Balaban J connectivity index is 2.09. The van der Waals surface area contributed by atoms with Crippen molar-refractivity contribution in [2.24, 2.45) is 11.3 Å². The molecule has 0 unspecified atom stereocenters. The average molecular weight is 342 g/mol. The number of aromatic nitrogens is 2. The van der Waals surface area contributed by atoms with Crippen molar-refractivity contribution in [1.82, 2.24) is 9.78 Å². The number of rotatable bonds is 5. The summed E-state index contributed by atoms with van der Waals surface area (Å²) in [6.45, 7) is 8.02. The molecule has 4 nitrogen and oxygen atoms in total. The summed E-state index contributed by atoms with van der Waals surface area (Å²) in [6, 6.07) is 0. The first-order valence-corrected chi connectivity index (χ1v) is 8.20. The molecule has 0 aromatic carbocycles. The third-order valence-electron chi connectivity index (χ3n) is 4.04. The SMILES string of the molecule is CC(C)Cn1ncc(NCC2(C)CCCC2)c(Br)c1=O. The molecular weight excluding hydrogens is 318 g/mol.